The molecular weight excluding hydrogens is 252 g/mol. The second-order valence-corrected chi connectivity index (χ2v) is 6.62. The summed E-state index contributed by atoms with van der Waals surface area (Å²) >= 11 is 5.55. The summed E-state index contributed by atoms with van der Waals surface area (Å²) in [6.07, 6.45) is 11.4. The van der Waals surface area contributed by atoms with Crippen LogP contribution in [0.25, 0.3) is 0 Å². The number of H-pyrrole nitrogens is 1. The van der Waals surface area contributed by atoms with Gasteiger partial charge in [-0.05, 0) is 50.9 Å². The van der Waals surface area contributed by atoms with Crippen LogP contribution in [0.1, 0.15) is 74.9 Å². The van der Waals surface area contributed by atoms with Crippen LogP contribution in [0.15, 0.2) is 0 Å². The van der Waals surface area contributed by atoms with E-state index >= 15 is 0 Å². The highest BCUT2D eigenvalue weighted by Crippen LogP contribution is 2.38. The Hall–Kier alpha value is -0.700. The van der Waals surface area contributed by atoms with Gasteiger partial charge < -0.3 is 4.98 Å². The summed E-state index contributed by atoms with van der Waals surface area (Å²) < 4.78 is 0.880. The van der Waals surface area contributed by atoms with Crippen molar-refractivity contribution in [3.05, 3.63) is 21.7 Å². The predicted molar refractivity (Wildman–Crippen MR) is 81.1 cm³/mol. The monoisotopic (exact) mass is 276 g/mol. The fraction of sp³-hybridized carbons (Fsp3) is 0.750. The predicted octanol–water partition coefficient (Wildman–Crippen LogP) is 4.70. The minimum Gasteiger partial charge on any atom is -0.347 e. The minimum atomic E-state index is 0.625. The van der Waals surface area contributed by atoms with E-state index in [1.54, 1.807) is 0 Å². The summed E-state index contributed by atoms with van der Waals surface area (Å²) in [5.74, 6) is 2.70. The Labute approximate surface area is 121 Å². The van der Waals surface area contributed by atoms with E-state index < -0.39 is 0 Å². The molecule has 3 rings (SSSR count). The molecule has 1 saturated carbocycles. The highest BCUT2D eigenvalue weighted by atomic mass is 32.1. The lowest BCUT2D eigenvalue weighted by molar-refractivity contribution is 0.516. The van der Waals surface area contributed by atoms with Crippen LogP contribution < -0.4 is 0 Å². The van der Waals surface area contributed by atoms with Gasteiger partial charge in [-0.3, -0.25) is 0 Å². The first-order chi connectivity index (χ1) is 9.28. The van der Waals surface area contributed by atoms with Crippen LogP contribution in [-0.4, -0.2) is 9.97 Å². The fourth-order valence-corrected chi connectivity index (χ4v) is 4.03. The molecule has 1 heterocycles. The molecule has 0 saturated heterocycles. The van der Waals surface area contributed by atoms with Crippen LogP contribution >= 0.6 is 12.2 Å². The van der Waals surface area contributed by atoms with Gasteiger partial charge in [0.15, 0.2) is 0 Å². The normalized spacial score (nSPS) is 27.0. The molecule has 1 aromatic heterocycles. The van der Waals surface area contributed by atoms with Crippen LogP contribution in [-0.2, 0) is 12.8 Å². The van der Waals surface area contributed by atoms with Gasteiger partial charge in [-0.15, -0.1) is 0 Å². The summed E-state index contributed by atoms with van der Waals surface area (Å²) in [6.45, 7) is 2.31. The van der Waals surface area contributed by atoms with Crippen molar-refractivity contribution < 1.29 is 0 Å². The van der Waals surface area contributed by atoms with Crippen molar-refractivity contribution in [1.29, 1.82) is 0 Å². The number of fused-ring (bicyclic) bond motifs is 1. The highest BCUT2D eigenvalue weighted by Gasteiger charge is 2.27. The van der Waals surface area contributed by atoms with Crippen LogP contribution in [0, 0.1) is 10.6 Å². The van der Waals surface area contributed by atoms with E-state index in [2.05, 4.69) is 11.9 Å². The quantitative estimate of drug-likeness (QED) is 0.626. The first-order valence-electron chi connectivity index (χ1n) is 7.90. The Morgan fingerprint density at radius 1 is 1.21 bits per heavy atom. The lowest BCUT2D eigenvalue weighted by atomic mass is 10.0. The molecule has 1 aromatic rings. The van der Waals surface area contributed by atoms with Gasteiger partial charge in [0.2, 0.25) is 0 Å². The largest absolute Gasteiger partial charge is 0.347 e. The van der Waals surface area contributed by atoms with Gasteiger partial charge in [0.1, 0.15) is 10.5 Å². The molecule has 19 heavy (non-hydrogen) atoms. The van der Waals surface area contributed by atoms with Gasteiger partial charge in [0.05, 0.1) is 0 Å². The van der Waals surface area contributed by atoms with Crippen molar-refractivity contribution in [3.63, 3.8) is 0 Å². The summed E-state index contributed by atoms with van der Waals surface area (Å²) in [5.41, 5.74) is 2.73. The number of rotatable bonds is 2. The zero-order valence-electron chi connectivity index (χ0n) is 11.9. The van der Waals surface area contributed by atoms with E-state index in [4.69, 9.17) is 17.2 Å². The van der Waals surface area contributed by atoms with E-state index in [1.165, 1.54) is 68.4 Å². The average molecular weight is 276 g/mol. The maximum atomic E-state index is 5.55. The van der Waals surface area contributed by atoms with Crippen molar-refractivity contribution in [1.82, 2.24) is 9.97 Å². The highest BCUT2D eigenvalue weighted by molar-refractivity contribution is 7.71. The van der Waals surface area contributed by atoms with E-state index in [9.17, 15) is 0 Å². The van der Waals surface area contributed by atoms with Crippen molar-refractivity contribution >= 4 is 12.2 Å². The molecule has 0 spiro atoms. The molecule has 0 amide bonds. The Morgan fingerprint density at radius 2 is 2.05 bits per heavy atom. The first kappa shape index (κ1) is 13.3. The third-order valence-corrected chi connectivity index (χ3v) is 5.32. The van der Waals surface area contributed by atoms with E-state index in [0.717, 1.165) is 17.0 Å². The molecule has 0 aromatic carbocycles. The molecule has 2 nitrogen and oxygen atoms in total. The lowest BCUT2D eigenvalue weighted by Crippen LogP contribution is -2.08. The number of aromatic amines is 1. The molecule has 3 heteroatoms. The molecule has 104 valence electrons. The minimum absolute atomic E-state index is 0.625. The van der Waals surface area contributed by atoms with Crippen LogP contribution in [0.5, 0.6) is 0 Å². The SMILES string of the molecule is CCC1CCC(c2nc(=S)c3c([nH]2)CCCCC3)C1. The zero-order chi connectivity index (χ0) is 13.2. The summed E-state index contributed by atoms with van der Waals surface area (Å²) in [7, 11) is 0. The molecule has 1 N–H and O–H groups in total. The standard InChI is InChI=1S/C16H24N2S/c1-2-11-8-9-12(10-11)15-17-14-7-5-3-4-6-13(14)16(19)18-15/h11-12H,2-10H2,1H3,(H,17,18,19). The molecule has 0 radical (unpaired) electrons. The van der Waals surface area contributed by atoms with Crippen LogP contribution in [0.4, 0.5) is 0 Å². The maximum absolute atomic E-state index is 5.55. The molecule has 1 fully saturated rings. The number of hydrogen-bond donors (Lipinski definition) is 1. The fourth-order valence-electron chi connectivity index (χ4n) is 3.70. The molecule has 2 atom stereocenters. The van der Waals surface area contributed by atoms with E-state index in [1.807, 2.05) is 0 Å². The lowest BCUT2D eigenvalue weighted by Gasteiger charge is -2.14. The van der Waals surface area contributed by atoms with Gasteiger partial charge in [0.25, 0.3) is 0 Å². The number of nitrogens with zero attached hydrogens (tertiary/aromatic N) is 1. The summed E-state index contributed by atoms with van der Waals surface area (Å²) in [5, 5.41) is 0. The zero-order valence-corrected chi connectivity index (χ0v) is 12.7. The van der Waals surface area contributed by atoms with Crippen molar-refractivity contribution in [2.24, 2.45) is 5.92 Å². The van der Waals surface area contributed by atoms with Crippen LogP contribution in [0.3, 0.4) is 0 Å². The Morgan fingerprint density at radius 3 is 2.84 bits per heavy atom. The second kappa shape index (κ2) is 5.74. The van der Waals surface area contributed by atoms with Crippen molar-refractivity contribution in [3.8, 4) is 0 Å². The second-order valence-electron chi connectivity index (χ2n) is 6.23. The Kier molecular flexibility index (Phi) is 4.01. The van der Waals surface area contributed by atoms with Gasteiger partial charge in [0, 0.05) is 17.2 Å². The smallest absolute Gasteiger partial charge is 0.133 e. The van der Waals surface area contributed by atoms with Crippen molar-refractivity contribution in [2.45, 2.75) is 70.6 Å². The molecule has 2 unspecified atom stereocenters. The number of aryl methyl sites for hydroxylation is 1. The molecule has 0 aliphatic heterocycles. The number of nitrogens with one attached hydrogen (secondary N) is 1. The number of aromatic nitrogens is 2. The Bertz CT molecular complexity index is 506. The molecule has 2 aliphatic carbocycles. The Balaban J connectivity index is 1.89. The van der Waals surface area contributed by atoms with Gasteiger partial charge in [-0.2, -0.15) is 0 Å². The van der Waals surface area contributed by atoms with E-state index in [-0.39, 0.29) is 0 Å². The van der Waals surface area contributed by atoms with Crippen molar-refractivity contribution in [2.75, 3.05) is 0 Å². The average Bonchev–Trinajstić information content (AvgIpc) is 2.77. The summed E-state index contributed by atoms with van der Waals surface area (Å²) in [4.78, 5) is 8.39. The molecular formula is C16H24N2S. The van der Waals surface area contributed by atoms with Crippen LogP contribution in [0.2, 0.25) is 0 Å². The van der Waals surface area contributed by atoms with Gasteiger partial charge in [-0.1, -0.05) is 32.0 Å². The topological polar surface area (TPSA) is 28.7 Å². The van der Waals surface area contributed by atoms with E-state index in [0.29, 0.717) is 5.92 Å². The first-order valence-corrected chi connectivity index (χ1v) is 8.30. The molecule has 2 aliphatic rings. The maximum Gasteiger partial charge on any atom is 0.133 e. The summed E-state index contributed by atoms with van der Waals surface area (Å²) in [6, 6.07) is 0. The molecule has 0 bridgehead atoms. The third kappa shape index (κ3) is 2.76. The number of hydrogen-bond acceptors (Lipinski definition) is 2. The van der Waals surface area contributed by atoms with Gasteiger partial charge >= 0.3 is 0 Å². The third-order valence-electron chi connectivity index (χ3n) is 4.98. The van der Waals surface area contributed by atoms with Gasteiger partial charge in [-0.25, -0.2) is 4.98 Å².